The first kappa shape index (κ1) is 12.4. The van der Waals surface area contributed by atoms with Gasteiger partial charge in [-0.25, -0.2) is 17.6 Å². The quantitative estimate of drug-likeness (QED) is 0.861. The molecule has 0 aliphatic carbocycles. The summed E-state index contributed by atoms with van der Waals surface area (Å²) in [6, 6.07) is 3.12. The normalized spacial score (nSPS) is 11.2. The number of hydrogen-bond acceptors (Lipinski definition) is 3. The van der Waals surface area contributed by atoms with E-state index in [1.807, 2.05) is 0 Å². The summed E-state index contributed by atoms with van der Waals surface area (Å²) in [4.78, 5) is 10.5. The molecule has 5 nitrogen and oxygen atoms in total. The molecule has 0 spiro atoms. The molecule has 0 saturated heterocycles. The fourth-order valence-electron chi connectivity index (χ4n) is 1.06. The van der Waals surface area contributed by atoms with Crippen molar-refractivity contribution >= 4 is 21.7 Å². The third kappa shape index (κ3) is 2.48. The van der Waals surface area contributed by atoms with E-state index in [2.05, 4.69) is 0 Å². The van der Waals surface area contributed by atoms with Gasteiger partial charge < -0.3 is 5.11 Å². The molecule has 1 aromatic rings. The number of sulfonamides is 1. The molecular weight excluding hydrogens is 237 g/mol. The first-order valence-corrected chi connectivity index (χ1v) is 6.05. The topological polar surface area (TPSA) is 74.7 Å². The Kier molecular flexibility index (Phi) is 3.18. The third-order valence-corrected chi connectivity index (χ3v) is 3.25. The van der Waals surface area contributed by atoms with Gasteiger partial charge in [-0.05, 0) is 18.2 Å². The average Bonchev–Trinajstić information content (AvgIpc) is 2.14. The molecule has 0 aliphatic heterocycles. The molecule has 0 aliphatic rings. The molecule has 1 rings (SSSR count). The van der Waals surface area contributed by atoms with Gasteiger partial charge in [-0.15, -0.1) is 0 Å². The van der Waals surface area contributed by atoms with Crippen LogP contribution in [0.2, 0.25) is 0 Å². The van der Waals surface area contributed by atoms with E-state index < -0.39 is 27.4 Å². The zero-order valence-corrected chi connectivity index (χ0v) is 9.45. The van der Waals surface area contributed by atoms with Gasteiger partial charge in [0.05, 0.1) is 17.5 Å². The number of hydrogen-bond donors (Lipinski definition) is 1. The van der Waals surface area contributed by atoms with E-state index in [0.29, 0.717) is 0 Å². The number of nitrogens with zero attached hydrogens (tertiary/aromatic N) is 1. The van der Waals surface area contributed by atoms with Crippen LogP contribution in [0.5, 0.6) is 0 Å². The minimum Gasteiger partial charge on any atom is -0.478 e. The highest BCUT2D eigenvalue weighted by Crippen LogP contribution is 2.19. The summed E-state index contributed by atoms with van der Waals surface area (Å²) < 4.78 is 36.4. The van der Waals surface area contributed by atoms with Crippen molar-refractivity contribution < 1.29 is 22.7 Å². The van der Waals surface area contributed by atoms with Crippen molar-refractivity contribution in [2.24, 2.45) is 0 Å². The second-order valence-corrected chi connectivity index (χ2v) is 5.21. The van der Waals surface area contributed by atoms with Crippen molar-refractivity contribution in [1.29, 1.82) is 0 Å². The van der Waals surface area contributed by atoms with Gasteiger partial charge in [0.15, 0.2) is 0 Å². The first-order valence-electron chi connectivity index (χ1n) is 4.20. The Bertz CT molecular complexity index is 526. The van der Waals surface area contributed by atoms with Crippen LogP contribution < -0.4 is 4.31 Å². The summed E-state index contributed by atoms with van der Waals surface area (Å²) in [5, 5.41) is 8.58. The number of halogens is 1. The summed E-state index contributed by atoms with van der Waals surface area (Å²) in [7, 11) is -2.23. The maximum absolute atomic E-state index is 13.2. The predicted molar refractivity (Wildman–Crippen MR) is 56.6 cm³/mol. The van der Waals surface area contributed by atoms with Gasteiger partial charge in [-0.2, -0.15) is 0 Å². The zero-order chi connectivity index (χ0) is 12.5. The van der Waals surface area contributed by atoms with E-state index in [1.54, 1.807) is 0 Å². The van der Waals surface area contributed by atoms with Crippen LogP contribution in [-0.4, -0.2) is 32.8 Å². The maximum atomic E-state index is 13.2. The summed E-state index contributed by atoms with van der Waals surface area (Å²) in [6.07, 6.45) is 0.968. The first-order chi connectivity index (χ1) is 7.23. The summed E-state index contributed by atoms with van der Waals surface area (Å²) in [6.45, 7) is 0. The third-order valence-electron chi connectivity index (χ3n) is 2.04. The lowest BCUT2D eigenvalue weighted by Gasteiger charge is -2.16. The molecule has 0 heterocycles. The van der Waals surface area contributed by atoms with Crippen molar-refractivity contribution in [2.45, 2.75) is 0 Å². The fraction of sp³-hybridized carbons (Fsp3) is 0.222. The minimum absolute atomic E-state index is 0.0741. The molecule has 0 amide bonds. The number of rotatable bonds is 3. The van der Waals surface area contributed by atoms with Gasteiger partial charge >= 0.3 is 5.97 Å². The molecule has 0 bridgehead atoms. The Balaban J connectivity index is 3.21. The molecule has 0 unspecified atom stereocenters. The van der Waals surface area contributed by atoms with Crippen LogP contribution >= 0.6 is 0 Å². The second kappa shape index (κ2) is 4.09. The van der Waals surface area contributed by atoms with Crippen molar-refractivity contribution in [3.8, 4) is 0 Å². The van der Waals surface area contributed by atoms with Crippen LogP contribution in [0.15, 0.2) is 18.2 Å². The number of benzene rings is 1. The van der Waals surface area contributed by atoms with Crippen LogP contribution in [0.4, 0.5) is 10.1 Å². The van der Waals surface area contributed by atoms with Crippen molar-refractivity contribution in [3.05, 3.63) is 29.6 Å². The van der Waals surface area contributed by atoms with Gasteiger partial charge in [0.2, 0.25) is 10.0 Å². The largest absolute Gasteiger partial charge is 0.478 e. The number of anilines is 1. The molecule has 7 heteroatoms. The van der Waals surface area contributed by atoms with Crippen molar-refractivity contribution in [3.63, 3.8) is 0 Å². The predicted octanol–water partition coefficient (Wildman–Crippen LogP) is 0.920. The number of carboxylic acid groups (broad SMARTS) is 1. The second-order valence-electron chi connectivity index (χ2n) is 3.20. The Labute approximate surface area is 92.2 Å². The van der Waals surface area contributed by atoms with E-state index in [0.717, 1.165) is 22.7 Å². The highest BCUT2D eigenvalue weighted by atomic mass is 32.2. The van der Waals surface area contributed by atoms with Gasteiger partial charge in [0.25, 0.3) is 0 Å². The Morgan fingerprint density at radius 1 is 1.44 bits per heavy atom. The summed E-state index contributed by atoms with van der Waals surface area (Å²) in [5.41, 5.74) is -0.421. The van der Waals surface area contributed by atoms with Crippen LogP contribution in [-0.2, 0) is 10.0 Å². The zero-order valence-electron chi connectivity index (χ0n) is 8.64. The lowest BCUT2D eigenvalue weighted by atomic mass is 10.2. The van der Waals surface area contributed by atoms with Crippen LogP contribution in [0.25, 0.3) is 0 Å². The summed E-state index contributed by atoms with van der Waals surface area (Å²) >= 11 is 0. The lowest BCUT2D eigenvalue weighted by molar-refractivity contribution is 0.0692. The van der Waals surface area contributed by atoms with Gasteiger partial charge in [0, 0.05) is 7.05 Å². The van der Waals surface area contributed by atoms with E-state index in [-0.39, 0.29) is 5.69 Å². The molecule has 0 fully saturated rings. The van der Waals surface area contributed by atoms with Crippen LogP contribution in [0, 0.1) is 5.82 Å². The number of carbonyl (C=O) groups is 1. The molecule has 0 aromatic heterocycles. The van der Waals surface area contributed by atoms with Gasteiger partial charge in [-0.3, -0.25) is 4.31 Å². The van der Waals surface area contributed by atoms with Crippen molar-refractivity contribution in [2.75, 3.05) is 17.6 Å². The fourth-order valence-corrected chi connectivity index (χ4v) is 1.56. The van der Waals surface area contributed by atoms with Crippen molar-refractivity contribution in [1.82, 2.24) is 0 Å². The number of aromatic carboxylic acids is 1. The standard InChI is InChI=1S/C9H10FNO4S/c1-11(16(2,14)15)6-3-4-7(9(12)13)8(10)5-6/h3-5H,1-2H3,(H,12,13). The summed E-state index contributed by atoms with van der Waals surface area (Å²) in [5.74, 6) is -2.37. The molecule has 0 atom stereocenters. The maximum Gasteiger partial charge on any atom is 0.338 e. The molecule has 0 saturated carbocycles. The van der Waals surface area contributed by atoms with E-state index in [1.165, 1.54) is 13.1 Å². The molecule has 16 heavy (non-hydrogen) atoms. The van der Waals surface area contributed by atoms with Crippen LogP contribution in [0.1, 0.15) is 10.4 Å². The SMILES string of the molecule is CN(c1ccc(C(=O)O)c(F)c1)S(C)(=O)=O. The van der Waals surface area contributed by atoms with Gasteiger partial charge in [0.1, 0.15) is 5.82 Å². The smallest absolute Gasteiger partial charge is 0.338 e. The monoisotopic (exact) mass is 247 g/mol. The Morgan fingerprint density at radius 3 is 2.38 bits per heavy atom. The average molecular weight is 247 g/mol. The van der Waals surface area contributed by atoms with Crippen LogP contribution in [0.3, 0.4) is 0 Å². The molecular formula is C9H10FNO4S. The van der Waals surface area contributed by atoms with E-state index in [9.17, 15) is 17.6 Å². The molecule has 0 radical (unpaired) electrons. The number of carboxylic acids is 1. The Morgan fingerprint density at radius 2 is 2.00 bits per heavy atom. The molecule has 1 N–H and O–H groups in total. The highest BCUT2D eigenvalue weighted by Gasteiger charge is 2.16. The molecule has 88 valence electrons. The molecule has 1 aromatic carbocycles. The lowest BCUT2D eigenvalue weighted by Crippen LogP contribution is -2.25. The van der Waals surface area contributed by atoms with E-state index in [4.69, 9.17) is 5.11 Å². The minimum atomic E-state index is -3.49. The highest BCUT2D eigenvalue weighted by molar-refractivity contribution is 7.92. The van der Waals surface area contributed by atoms with Gasteiger partial charge in [-0.1, -0.05) is 0 Å². The van der Waals surface area contributed by atoms with E-state index >= 15 is 0 Å². The Hall–Kier alpha value is -1.63.